The van der Waals surface area contributed by atoms with Crippen LogP contribution in [-0.4, -0.2) is 9.78 Å². The quantitative estimate of drug-likeness (QED) is 0.635. The van der Waals surface area contributed by atoms with Crippen molar-refractivity contribution in [1.29, 1.82) is 0 Å². The number of alkyl halides is 3. The first-order valence-electron chi connectivity index (χ1n) is 5.97. The van der Waals surface area contributed by atoms with Gasteiger partial charge in [-0.15, -0.1) is 11.8 Å². The van der Waals surface area contributed by atoms with Gasteiger partial charge in [0.15, 0.2) is 0 Å². The summed E-state index contributed by atoms with van der Waals surface area (Å²) in [5.74, 6) is 0.563. The number of hydrogen-bond donors (Lipinski definition) is 1. The van der Waals surface area contributed by atoms with Gasteiger partial charge < -0.3 is 5.73 Å². The Morgan fingerprint density at radius 1 is 1.38 bits per heavy atom. The van der Waals surface area contributed by atoms with Gasteiger partial charge in [0.25, 0.3) is 0 Å². The number of nitrogen functional groups attached to an aromatic ring is 1. The summed E-state index contributed by atoms with van der Waals surface area (Å²) < 4.78 is 40.4. The van der Waals surface area contributed by atoms with Crippen LogP contribution in [0.25, 0.3) is 0 Å². The summed E-state index contributed by atoms with van der Waals surface area (Å²) in [7, 11) is 1.82. The average Bonchev–Trinajstić information content (AvgIpc) is 2.61. The molecule has 0 radical (unpaired) electrons. The Morgan fingerprint density at radius 2 is 2.05 bits per heavy atom. The highest BCUT2D eigenvalue weighted by molar-refractivity contribution is 9.10. The fourth-order valence-electron chi connectivity index (χ4n) is 1.84. The van der Waals surface area contributed by atoms with Crippen LogP contribution in [-0.2, 0) is 19.0 Å². The van der Waals surface area contributed by atoms with Crippen molar-refractivity contribution in [3.05, 3.63) is 39.6 Å². The number of halogens is 4. The Morgan fingerprint density at radius 3 is 2.52 bits per heavy atom. The van der Waals surface area contributed by atoms with Crippen LogP contribution in [0.2, 0.25) is 0 Å². The fraction of sp³-hybridized carbons (Fsp3) is 0.308. The van der Waals surface area contributed by atoms with E-state index in [-0.39, 0.29) is 5.69 Å². The van der Waals surface area contributed by atoms with Crippen molar-refractivity contribution >= 4 is 33.4 Å². The molecule has 2 N–H and O–H groups in total. The summed E-state index contributed by atoms with van der Waals surface area (Å²) >= 11 is 4.83. The maximum Gasteiger partial charge on any atom is 0.416 e. The molecule has 2 rings (SSSR count). The second-order valence-corrected chi connectivity index (χ2v) is 6.32. The second-order valence-electron chi connectivity index (χ2n) is 4.51. The number of aromatic nitrogens is 2. The topological polar surface area (TPSA) is 43.8 Å². The first kappa shape index (κ1) is 16.2. The largest absolute Gasteiger partial charge is 0.416 e. The smallest absolute Gasteiger partial charge is 0.398 e. The van der Waals surface area contributed by atoms with Gasteiger partial charge >= 0.3 is 6.18 Å². The number of nitrogens with two attached hydrogens (primary N) is 1. The highest BCUT2D eigenvalue weighted by Crippen LogP contribution is 2.36. The first-order chi connectivity index (χ1) is 9.70. The van der Waals surface area contributed by atoms with E-state index in [1.165, 1.54) is 17.8 Å². The summed E-state index contributed by atoms with van der Waals surface area (Å²) in [5.41, 5.74) is 6.93. The first-order valence-corrected chi connectivity index (χ1v) is 7.75. The molecule has 114 valence electrons. The number of aryl methyl sites for hydroxylation is 2. The third-order valence-corrected chi connectivity index (χ3v) is 5.10. The molecule has 0 saturated heterocycles. The second kappa shape index (κ2) is 5.92. The van der Waals surface area contributed by atoms with Crippen LogP contribution in [0.4, 0.5) is 18.9 Å². The zero-order chi connectivity index (χ0) is 15.8. The van der Waals surface area contributed by atoms with E-state index in [2.05, 4.69) is 21.0 Å². The molecule has 21 heavy (non-hydrogen) atoms. The standard InChI is InChI=1S/C13H13BrF3N3S/c1-7-12(14)10(20(2)19-7)6-21-11-4-3-8(5-9(11)18)13(15,16)17/h3-5H,6,18H2,1-2H3. The molecule has 0 aliphatic heterocycles. The van der Waals surface area contributed by atoms with Crippen LogP contribution in [0.5, 0.6) is 0 Å². The Balaban J connectivity index is 2.17. The van der Waals surface area contributed by atoms with Crippen molar-refractivity contribution in [3.63, 3.8) is 0 Å². The van der Waals surface area contributed by atoms with E-state index < -0.39 is 11.7 Å². The summed E-state index contributed by atoms with van der Waals surface area (Å²) in [6.07, 6.45) is -4.38. The van der Waals surface area contributed by atoms with Crippen molar-refractivity contribution in [2.24, 2.45) is 7.05 Å². The average molecular weight is 380 g/mol. The number of nitrogens with zero attached hydrogens (tertiary/aromatic N) is 2. The molecule has 0 aliphatic carbocycles. The van der Waals surface area contributed by atoms with E-state index in [9.17, 15) is 13.2 Å². The SMILES string of the molecule is Cc1nn(C)c(CSc2ccc(C(F)(F)F)cc2N)c1Br. The van der Waals surface area contributed by atoms with E-state index in [4.69, 9.17) is 5.73 Å². The molecule has 8 heteroatoms. The monoisotopic (exact) mass is 379 g/mol. The Labute approximate surface area is 132 Å². The number of hydrogen-bond acceptors (Lipinski definition) is 3. The number of thioether (sulfide) groups is 1. The molecule has 0 saturated carbocycles. The van der Waals surface area contributed by atoms with Gasteiger partial charge in [-0.25, -0.2) is 0 Å². The van der Waals surface area contributed by atoms with Crippen LogP contribution >= 0.6 is 27.7 Å². The normalized spacial score (nSPS) is 11.9. The molecular formula is C13H13BrF3N3S. The molecule has 0 bridgehead atoms. The number of benzene rings is 1. The van der Waals surface area contributed by atoms with Gasteiger partial charge in [-0.05, 0) is 41.1 Å². The summed E-state index contributed by atoms with van der Waals surface area (Å²) in [6.45, 7) is 1.88. The van der Waals surface area contributed by atoms with Gasteiger partial charge in [0.05, 0.1) is 21.4 Å². The van der Waals surface area contributed by atoms with Crippen molar-refractivity contribution in [3.8, 4) is 0 Å². The zero-order valence-corrected chi connectivity index (χ0v) is 13.7. The molecule has 0 amide bonds. The van der Waals surface area contributed by atoms with E-state index in [1.807, 2.05) is 14.0 Å². The molecule has 0 aliphatic rings. The van der Waals surface area contributed by atoms with Gasteiger partial charge in [-0.1, -0.05) is 0 Å². The summed E-state index contributed by atoms with van der Waals surface area (Å²) in [6, 6.07) is 3.41. The van der Waals surface area contributed by atoms with E-state index >= 15 is 0 Å². The minimum Gasteiger partial charge on any atom is -0.398 e. The fourth-order valence-corrected chi connectivity index (χ4v) is 3.51. The van der Waals surface area contributed by atoms with Gasteiger partial charge in [0, 0.05) is 23.4 Å². The third kappa shape index (κ3) is 3.55. The predicted molar refractivity (Wildman–Crippen MR) is 81.1 cm³/mol. The lowest BCUT2D eigenvalue weighted by molar-refractivity contribution is -0.137. The van der Waals surface area contributed by atoms with Crippen LogP contribution in [0.15, 0.2) is 27.6 Å². The molecule has 1 heterocycles. The maximum absolute atomic E-state index is 12.6. The number of rotatable bonds is 3. The molecule has 0 atom stereocenters. The van der Waals surface area contributed by atoms with Crippen LogP contribution in [0.3, 0.4) is 0 Å². The third-order valence-electron chi connectivity index (χ3n) is 2.96. The van der Waals surface area contributed by atoms with Crippen LogP contribution in [0, 0.1) is 6.92 Å². The Bertz CT molecular complexity index is 667. The number of anilines is 1. The minimum absolute atomic E-state index is 0.129. The van der Waals surface area contributed by atoms with Crippen molar-refractivity contribution in [1.82, 2.24) is 9.78 Å². The molecule has 0 unspecified atom stereocenters. The summed E-state index contributed by atoms with van der Waals surface area (Å²) in [5, 5.41) is 4.27. The van der Waals surface area contributed by atoms with E-state index in [0.29, 0.717) is 10.6 Å². The van der Waals surface area contributed by atoms with Crippen molar-refractivity contribution < 1.29 is 13.2 Å². The maximum atomic E-state index is 12.6. The highest BCUT2D eigenvalue weighted by atomic mass is 79.9. The predicted octanol–water partition coefficient (Wildman–Crippen LogP) is 4.38. The van der Waals surface area contributed by atoms with Crippen molar-refractivity contribution in [2.75, 3.05) is 5.73 Å². The lowest BCUT2D eigenvalue weighted by Crippen LogP contribution is -2.06. The molecular weight excluding hydrogens is 367 g/mol. The lowest BCUT2D eigenvalue weighted by atomic mass is 10.2. The molecule has 0 spiro atoms. The van der Waals surface area contributed by atoms with Crippen LogP contribution < -0.4 is 5.73 Å². The van der Waals surface area contributed by atoms with E-state index in [0.717, 1.165) is 28.0 Å². The van der Waals surface area contributed by atoms with Crippen molar-refractivity contribution in [2.45, 2.75) is 23.7 Å². The van der Waals surface area contributed by atoms with Crippen LogP contribution in [0.1, 0.15) is 17.0 Å². The molecule has 0 fully saturated rings. The van der Waals surface area contributed by atoms with Gasteiger partial charge in [0.2, 0.25) is 0 Å². The van der Waals surface area contributed by atoms with Gasteiger partial charge in [-0.2, -0.15) is 18.3 Å². The molecule has 1 aromatic heterocycles. The van der Waals surface area contributed by atoms with E-state index in [1.54, 1.807) is 4.68 Å². The van der Waals surface area contributed by atoms with Gasteiger partial charge in [0.1, 0.15) is 0 Å². The summed E-state index contributed by atoms with van der Waals surface area (Å²) in [4.78, 5) is 0.619. The molecule has 2 aromatic rings. The minimum atomic E-state index is -4.38. The Kier molecular flexibility index (Phi) is 4.57. The van der Waals surface area contributed by atoms with Gasteiger partial charge in [-0.3, -0.25) is 4.68 Å². The lowest BCUT2D eigenvalue weighted by Gasteiger charge is -2.10. The zero-order valence-electron chi connectivity index (χ0n) is 11.3. The molecule has 3 nitrogen and oxygen atoms in total. The molecule has 1 aromatic carbocycles. The highest BCUT2D eigenvalue weighted by Gasteiger charge is 2.30. The Hall–Kier alpha value is -1.15.